The highest BCUT2D eigenvalue weighted by atomic mass is 35.5. The molecule has 0 unspecified atom stereocenters. The molecule has 10 heteroatoms. The molecule has 262 valence electrons. The normalized spacial score (nSPS) is 33.7. The Morgan fingerprint density at radius 3 is 2.48 bits per heavy atom. The third-order valence-corrected chi connectivity index (χ3v) is 14.3. The monoisotopic (exact) mass is 698 g/mol. The summed E-state index contributed by atoms with van der Waals surface area (Å²) in [4.78, 5) is 16.0. The summed E-state index contributed by atoms with van der Waals surface area (Å²) in [5, 5.41) is 0.0366. The smallest absolute Gasteiger partial charge is 0.264 e. The van der Waals surface area contributed by atoms with E-state index in [-0.39, 0.29) is 29.0 Å². The lowest BCUT2D eigenvalue weighted by molar-refractivity contribution is -0.257. The summed E-state index contributed by atoms with van der Waals surface area (Å²) >= 11 is 6.47. The molecular formula is C38H51ClN2O6S. The van der Waals surface area contributed by atoms with Gasteiger partial charge in [-0.3, -0.25) is 4.79 Å². The van der Waals surface area contributed by atoms with Crippen molar-refractivity contribution < 1.29 is 27.4 Å². The van der Waals surface area contributed by atoms with E-state index < -0.39 is 21.2 Å². The molecule has 2 bridgehead atoms. The van der Waals surface area contributed by atoms with Crippen LogP contribution in [0.2, 0.25) is 5.02 Å². The Hall–Kier alpha value is -2.33. The first-order chi connectivity index (χ1) is 22.8. The predicted octanol–water partition coefficient (Wildman–Crippen LogP) is 7.12. The standard InChI is InChI=1S/C38H51ClN2O6S/c1-24-7-5-9-31(36-46-21-37(3,4)22-47-36)30-13-10-28(30)19-41-20-38(16-6-8-26-17-29(39)12-14-32(26)38)23-45-34-15-11-27(18-33(34)41)35(42)40-48(43,44)25(24)2/h11-12,14-15,17-18,24-25,28,30-31,36H,5-10,13,16,19-23H2,1-4H3,(H,40,42)/t24-,25+,28-,30+,31-,38-/m0/s1. The van der Waals surface area contributed by atoms with Crippen LogP contribution >= 0.6 is 11.6 Å². The first-order valence-electron chi connectivity index (χ1n) is 17.9. The van der Waals surface area contributed by atoms with Crippen molar-refractivity contribution >= 4 is 33.2 Å². The van der Waals surface area contributed by atoms with Gasteiger partial charge in [0.1, 0.15) is 5.75 Å². The number of carbonyl (C=O) groups excluding carboxylic acids is 1. The summed E-state index contributed by atoms with van der Waals surface area (Å²) in [6.07, 6.45) is 7.55. The highest BCUT2D eigenvalue weighted by Gasteiger charge is 2.47. The molecular weight excluding hydrogens is 648 g/mol. The number of carbonyl (C=O) groups is 1. The highest BCUT2D eigenvalue weighted by molar-refractivity contribution is 7.90. The van der Waals surface area contributed by atoms with Gasteiger partial charge in [0.25, 0.3) is 5.91 Å². The Bertz CT molecular complexity index is 1640. The number of hydrogen-bond acceptors (Lipinski definition) is 7. The fourth-order valence-corrected chi connectivity index (χ4v) is 10.4. The minimum absolute atomic E-state index is 0.0150. The number of sulfonamides is 1. The second-order valence-electron chi connectivity index (χ2n) is 16.2. The molecule has 8 nitrogen and oxygen atoms in total. The molecule has 3 heterocycles. The molecule has 7 rings (SSSR count). The molecule has 5 aliphatic rings. The molecule has 1 amide bonds. The highest BCUT2D eigenvalue weighted by Crippen LogP contribution is 2.49. The van der Waals surface area contributed by atoms with E-state index in [1.54, 1.807) is 13.0 Å². The molecule has 2 fully saturated rings. The van der Waals surface area contributed by atoms with Gasteiger partial charge in [0.15, 0.2) is 6.29 Å². The first-order valence-corrected chi connectivity index (χ1v) is 19.9. The number of benzene rings is 2. The molecule has 1 N–H and O–H groups in total. The third kappa shape index (κ3) is 6.61. The fourth-order valence-electron chi connectivity index (χ4n) is 8.93. The quantitative estimate of drug-likeness (QED) is 0.339. The van der Waals surface area contributed by atoms with Gasteiger partial charge in [-0.2, -0.15) is 0 Å². The molecule has 2 aromatic rings. The molecule has 6 atom stereocenters. The molecule has 0 radical (unpaired) electrons. The van der Waals surface area contributed by atoms with Crippen LogP contribution in [0.3, 0.4) is 0 Å². The summed E-state index contributed by atoms with van der Waals surface area (Å²) in [5.41, 5.74) is 3.48. The van der Waals surface area contributed by atoms with E-state index in [2.05, 4.69) is 35.6 Å². The van der Waals surface area contributed by atoms with Crippen LogP contribution in [0.4, 0.5) is 5.69 Å². The van der Waals surface area contributed by atoms with E-state index in [0.717, 1.165) is 80.9 Å². The van der Waals surface area contributed by atoms with Gasteiger partial charge in [-0.25, -0.2) is 13.1 Å². The number of nitrogens with zero attached hydrogens (tertiary/aromatic N) is 1. The van der Waals surface area contributed by atoms with Crippen LogP contribution in [0, 0.1) is 29.1 Å². The lowest BCUT2D eigenvalue weighted by atomic mass is 9.64. The van der Waals surface area contributed by atoms with Gasteiger partial charge in [-0.15, -0.1) is 0 Å². The number of nitrogens with one attached hydrogen (secondary N) is 1. The van der Waals surface area contributed by atoms with Crippen molar-refractivity contribution in [2.45, 2.75) is 96.0 Å². The fraction of sp³-hybridized carbons (Fsp3) is 0.658. The Balaban J connectivity index is 1.28. The number of ether oxygens (including phenoxy) is 3. The Kier molecular flexibility index (Phi) is 9.31. The van der Waals surface area contributed by atoms with Gasteiger partial charge in [-0.05, 0) is 111 Å². The molecule has 2 aliphatic carbocycles. The van der Waals surface area contributed by atoms with Crippen LogP contribution < -0.4 is 14.4 Å². The number of amides is 1. The maximum atomic E-state index is 13.5. The number of anilines is 1. The van der Waals surface area contributed by atoms with E-state index in [1.807, 2.05) is 25.1 Å². The zero-order valence-corrected chi connectivity index (χ0v) is 30.4. The van der Waals surface area contributed by atoms with Gasteiger partial charge in [0.2, 0.25) is 10.0 Å². The lowest BCUT2D eigenvalue weighted by Gasteiger charge is -2.49. The molecule has 0 aromatic heterocycles. The van der Waals surface area contributed by atoms with Gasteiger partial charge in [-0.1, -0.05) is 44.9 Å². The van der Waals surface area contributed by atoms with Crippen molar-refractivity contribution in [3.8, 4) is 5.75 Å². The molecule has 3 aliphatic heterocycles. The molecule has 48 heavy (non-hydrogen) atoms. The summed E-state index contributed by atoms with van der Waals surface area (Å²) in [6.45, 7) is 11.5. The summed E-state index contributed by atoms with van der Waals surface area (Å²) in [6, 6.07) is 11.6. The largest absolute Gasteiger partial charge is 0.490 e. The number of aryl methyl sites for hydroxylation is 1. The average molecular weight is 699 g/mol. The van der Waals surface area contributed by atoms with E-state index in [9.17, 15) is 13.2 Å². The maximum Gasteiger partial charge on any atom is 0.264 e. The van der Waals surface area contributed by atoms with Crippen LogP contribution in [-0.4, -0.2) is 58.8 Å². The lowest BCUT2D eigenvalue weighted by Crippen LogP contribution is -2.51. The zero-order chi connectivity index (χ0) is 33.8. The van der Waals surface area contributed by atoms with E-state index in [4.69, 9.17) is 25.8 Å². The Labute approximate surface area is 291 Å². The van der Waals surface area contributed by atoms with Gasteiger partial charge < -0.3 is 19.1 Å². The first kappa shape index (κ1) is 34.1. The predicted molar refractivity (Wildman–Crippen MR) is 188 cm³/mol. The van der Waals surface area contributed by atoms with Crippen molar-refractivity contribution in [3.63, 3.8) is 0 Å². The van der Waals surface area contributed by atoms with Crippen LogP contribution in [-0.2, 0) is 31.3 Å². The summed E-state index contributed by atoms with van der Waals surface area (Å²) in [7, 11) is -3.90. The number of halogens is 1. The number of fused-ring (bicyclic) bond motifs is 4. The SMILES string of the molecule is C[C@@H]1[C@@H](C)CCC[C@H](C2OCC(C)(C)CO2)[C@@H]2CC[C@H]2CN2C[C@@]3(CCCc4cc(Cl)ccc43)COc3ccc(cc32)C(=O)NS1(=O)=O. The average Bonchev–Trinajstić information content (AvgIpc) is 3.18. The van der Waals surface area contributed by atoms with Gasteiger partial charge in [0, 0.05) is 40.4 Å². The third-order valence-electron chi connectivity index (χ3n) is 12.1. The van der Waals surface area contributed by atoms with Crippen molar-refractivity contribution in [1.29, 1.82) is 0 Å². The zero-order valence-electron chi connectivity index (χ0n) is 28.8. The number of rotatable bonds is 1. The number of hydrogen-bond donors (Lipinski definition) is 1. The van der Waals surface area contributed by atoms with E-state index in [0.29, 0.717) is 37.2 Å². The molecule has 1 saturated heterocycles. The van der Waals surface area contributed by atoms with Gasteiger partial charge >= 0.3 is 0 Å². The summed E-state index contributed by atoms with van der Waals surface area (Å²) in [5.74, 6) is 1.09. The summed E-state index contributed by atoms with van der Waals surface area (Å²) < 4.78 is 48.9. The molecule has 1 spiro atoms. The van der Waals surface area contributed by atoms with E-state index in [1.165, 1.54) is 11.1 Å². The second kappa shape index (κ2) is 13.1. The van der Waals surface area contributed by atoms with Crippen LogP contribution in [0.25, 0.3) is 0 Å². The Morgan fingerprint density at radius 2 is 1.73 bits per heavy atom. The second-order valence-corrected chi connectivity index (χ2v) is 18.7. The van der Waals surface area contributed by atoms with Crippen molar-refractivity contribution in [1.82, 2.24) is 4.72 Å². The minimum atomic E-state index is -3.90. The van der Waals surface area contributed by atoms with E-state index >= 15 is 0 Å². The van der Waals surface area contributed by atoms with Crippen molar-refractivity contribution in [2.24, 2.45) is 29.1 Å². The minimum Gasteiger partial charge on any atom is -0.490 e. The molecule has 1 saturated carbocycles. The molecule has 2 aromatic carbocycles. The van der Waals surface area contributed by atoms with Crippen LogP contribution in [0.15, 0.2) is 36.4 Å². The van der Waals surface area contributed by atoms with Crippen LogP contribution in [0.5, 0.6) is 5.75 Å². The van der Waals surface area contributed by atoms with Crippen molar-refractivity contribution in [3.05, 3.63) is 58.1 Å². The van der Waals surface area contributed by atoms with Gasteiger partial charge in [0.05, 0.1) is 30.8 Å². The van der Waals surface area contributed by atoms with Crippen molar-refractivity contribution in [2.75, 3.05) is 37.8 Å². The Morgan fingerprint density at radius 1 is 0.938 bits per heavy atom. The topological polar surface area (TPSA) is 94.2 Å². The maximum absolute atomic E-state index is 13.5. The van der Waals surface area contributed by atoms with Crippen LogP contribution in [0.1, 0.15) is 94.1 Å².